The first-order chi connectivity index (χ1) is 11.6. The van der Waals surface area contributed by atoms with E-state index in [1.165, 1.54) is 0 Å². The molecule has 0 radical (unpaired) electrons. The molecule has 1 N–H and O–H groups in total. The topological polar surface area (TPSA) is 55.1 Å². The summed E-state index contributed by atoms with van der Waals surface area (Å²) in [5.41, 5.74) is 4.16. The summed E-state index contributed by atoms with van der Waals surface area (Å²) in [6.07, 6.45) is 0.852. The van der Waals surface area contributed by atoms with Gasteiger partial charge in [-0.05, 0) is 43.5 Å². The van der Waals surface area contributed by atoms with Crippen LogP contribution >= 0.6 is 0 Å². The van der Waals surface area contributed by atoms with Gasteiger partial charge in [-0.15, -0.1) is 0 Å². The highest BCUT2D eigenvalue weighted by Crippen LogP contribution is 2.24. The van der Waals surface area contributed by atoms with E-state index in [9.17, 15) is 4.79 Å². The van der Waals surface area contributed by atoms with Crippen molar-refractivity contribution in [1.82, 2.24) is 4.98 Å². The van der Waals surface area contributed by atoms with Gasteiger partial charge in [0.05, 0.1) is 0 Å². The molecule has 1 heterocycles. The highest BCUT2D eigenvalue weighted by molar-refractivity contribution is 6.04. The molecule has 0 saturated heterocycles. The lowest BCUT2D eigenvalue weighted by atomic mass is 10.1. The third-order valence-corrected chi connectivity index (χ3v) is 4.01. The average molecular weight is 320 g/mol. The van der Waals surface area contributed by atoms with Crippen LogP contribution in [0.25, 0.3) is 11.5 Å². The lowest BCUT2D eigenvalue weighted by Gasteiger charge is -2.12. The lowest BCUT2D eigenvalue weighted by Crippen LogP contribution is -2.15. The van der Waals surface area contributed by atoms with E-state index in [1.54, 1.807) is 6.92 Å². The van der Waals surface area contributed by atoms with E-state index in [0.29, 0.717) is 17.3 Å². The SMILES string of the molecule is CCc1cccc(C)c1NC(=O)c1nc(-c2ccccc2)oc1C. The molecule has 4 heteroatoms. The molecule has 3 rings (SSSR count). The molecule has 122 valence electrons. The number of nitrogens with one attached hydrogen (secondary N) is 1. The fraction of sp³-hybridized carbons (Fsp3) is 0.200. The highest BCUT2D eigenvalue weighted by Gasteiger charge is 2.19. The molecule has 4 nitrogen and oxygen atoms in total. The van der Waals surface area contributed by atoms with Crippen molar-refractivity contribution in [2.24, 2.45) is 0 Å². The van der Waals surface area contributed by atoms with Crippen molar-refractivity contribution in [3.63, 3.8) is 0 Å². The van der Waals surface area contributed by atoms with Crippen LogP contribution in [-0.4, -0.2) is 10.9 Å². The lowest BCUT2D eigenvalue weighted by molar-refractivity contribution is 0.102. The summed E-state index contributed by atoms with van der Waals surface area (Å²) >= 11 is 0. The maximum Gasteiger partial charge on any atom is 0.277 e. The summed E-state index contributed by atoms with van der Waals surface area (Å²) in [7, 11) is 0. The van der Waals surface area contributed by atoms with Gasteiger partial charge in [-0.3, -0.25) is 4.79 Å². The number of carbonyl (C=O) groups is 1. The molecule has 2 aromatic carbocycles. The molecule has 0 fully saturated rings. The first-order valence-electron chi connectivity index (χ1n) is 8.02. The molecule has 1 aromatic heterocycles. The number of benzene rings is 2. The standard InChI is InChI=1S/C20H20N2O2/c1-4-15-12-8-9-13(2)17(15)21-19(23)18-14(3)24-20(22-18)16-10-6-5-7-11-16/h5-12H,4H2,1-3H3,(H,21,23). The third kappa shape index (κ3) is 3.08. The fourth-order valence-corrected chi connectivity index (χ4v) is 2.69. The van der Waals surface area contributed by atoms with Crippen molar-refractivity contribution in [2.75, 3.05) is 5.32 Å². The van der Waals surface area contributed by atoms with Crippen LogP contribution in [0.2, 0.25) is 0 Å². The Morgan fingerprint density at radius 3 is 2.54 bits per heavy atom. The number of carbonyl (C=O) groups excluding carboxylic acids is 1. The maximum atomic E-state index is 12.7. The summed E-state index contributed by atoms with van der Waals surface area (Å²) in [5, 5.41) is 2.99. The van der Waals surface area contributed by atoms with Gasteiger partial charge >= 0.3 is 0 Å². The Balaban J connectivity index is 1.91. The number of oxazole rings is 1. The van der Waals surface area contributed by atoms with Gasteiger partial charge in [-0.2, -0.15) is 0 Å². The molecule has 0 aliphatic carbocycles. The Morgan fingerprint density at radius 2 is 1.83 bits per heavy atom. The van der Waals surface area contributed by atoms with Crippen LogP contribution in [0.5, 0.6) is 0 Å². The average Bonchev–Trinajstić information content (AvgIpc) is 2.99. The Morgan fingerprint density at radius 1 is 1.08 bits per heavy atom. The molecule has 0 aliphatic heterocycles. The zero-order valence-corrected chi connectivity index (χ0v) is 14.1. The van der Waals surface area contributed by atoms with Crippen LogP contribution in [0, 0.1) is 13.8 Å². The van der Waals surface area contributed by atoms with Gasteiger partial charge in [0.2, 0.25) is 5.89 Å². The molecule has 0 spiro atoms. The first-order valence-corrected chi connectivity index (χ1v) is 8.02. The minimum atomic E-state index is -0.248. The zero-order chi connectivity index (χ0) is 17.1. The van der Waals surface area contributed by atoms with Crippen LogP contribution in [-0.2, 0) is 6.42 Å². The molecule has 0 bridgehead atoms. The minimum absolute atomic E-state index is 0.248. The van der Waals surface area contributed by atoms with Gasteiger partial charge in [-0.1, -0.05) is 43.3 Å². The van der Waals surface area contributed by atoms with E-state index in [-0.39, 0.29) is 5.91 Å². The summed E-state index contributed by atoms with van der Waals surface area (Å²) in [5.74, 6) is 0.721. The number of amides is 1. The number of aromatic nitrogens is 1. The monoisotopic (exact) mass is 320 g/mol. The van der Waals surface area contributed by atoms with Crippen molar-refractivity contribution in [1.29, 1.82) is 0 Å². The first kappa shape index (κ1) is 16.0. The fourth-order valence-electron chi connectivity index (χ4n) is 2.69. The molecule has 0 saturated carbocycles. The van der Waals surface area contributed by atoms with Crippen LogP contribution in [0.15, 0.2) is 52.9 Å². The number of aryl methyl sites for hydroxylation is 3. The largest absolute Gasteiger partial charge is 0.441 e. The van der Waals surface area contributed by atoms with E-state index >= 15 is 0 Å². The number of rotatable bonds is 4. The number of nitrogens with zero attached hydrogens (tertiary/aromatic N) is 1. The van der Waals surface area contributed by atoms with Gasteiger partial charge in [0.25, 0.3) is 5.91 Å². The second kappa shape index (κ2) is 6.71. The maximum absolute atomic E-state index is 12.7. The molecular weight excluding hydrogens is 300 g/mol. The molecule has 24 heavy (non-hydrogen) atoms. The number of anilines is 1. The Labute approximate surface area is 141 Å². The number of hydrogen-bond acceptors (Lipinski definition) is 3. The predicted molar refractivity (Wildman–Crippen MR) is 95.2 cm³/mol. The van der Waals surface area contributed by atoms with Gasteiger partial charge < -0.3 is 9.73 Å². The Kier molecular flexibility index (Phi) is 4.47. The van der Waals surface area contributed by atoms with E-state index in [1.807, 2.05) is 55.5 Å². The summed E-state index contributed by atoms with van der Waals surface area (Å²) < 4.78 is 5.67. The van der Waals surface area contributed by atoms with Crippen molar-refractivity contribution >= 4 is 11.6 Å². The van der Waals surface area contributed by atoms with Crippen LogP contribution in [0.1, 0.15) is 34.3 Å². The van der Waals surface area contributed by atoms with Crippen molar-refractivity contribution in [2.45, 2.75) is 27.2 Å². The summed E-state index contributed by atoms with van der Waals surface area (Å²) in [4.78, 5) is 17.0. The van der Waals surface area contributed by atoms with Crippen LogP contribution < -0.4 is 5.32 Å². The summed E-state index contributed by atoms with van der Waals surface area (Å²) in [6.45, 7) is 5.81. The van der Waals surface area contributed by atoms with Crippen molar-refractivity contribution in [3.05, 3.63) is 71.1 Å². The number of para-hydroxylation sites is 1. The van der Waals surface area contributed by atoms with Gasteiger partial charge in [0.1, 0.15) is 5.76 Å². The normalized spacial score (nSPS) is 10.6. The Hall–Kier alpha value is -2.88. The molecule has 3 aromatic rings. The molecule has 0 aliphatic rings. The highest BCUT2D eigenvalue weighted by atomic mass is 16.4. The molecule has 1 amide bonds. The second-order valence-electron chi connectivity index (χ2n) is 5.71. The third-order valence-electron chi connectivity index (χ3n) is 4.01. The van der Waals surface area contributed by atoms with E-state index in [4.69, 9.17) is 4.42 Å². The molecule has 0 atom stereocenters. The van der Waals surface area contributed by atoms with E-state index < -0.39 is 0 Å². The molecular formula is C20H20N2O2. The number of hydrogen-bond donors (Lipinski definition) is 1. The second-order valence-corrected chi connectivity index (χ2v) is 5.71. The smallest absolute Gasteiger partial charge is 0.277 e. The minimum Gasteiger partial charge on any atom is -0.441 e. The quantitative estimate of drug-likeness (QED) is 0.753. The van der Waals surface area contributed by atoms with Crippen LogP contribution in [0.3, 0.4) is 0 Å². The van der Waals surface area contributed by atoms with Gasteiger partial charge in [0, 0.05) is 11.3 Å². The van der Waals surface area contributed by atoms with Gasteiger partial charge in [0.15, 0.2) is 5.69 Å². The van der Waals surface area contributed by atoms with Gasteiger partial charge in [-0.25, -0.2) is 4.98 Å². The van der Waals surface area contributed by atoms with Crippen molar-refractivity contribution < 1.29 is 9.21 Å². The summed E-state index contributed by atoms with van der Waals surface area (Å²) in [6, 6.07) is 15.6. The van der Waals surface area contributed by atoms with E-state index in [0.717, 1.165) is 28.8 Å². The predicted octanol–water partition coefficient (Wildman–Crippen LogP) is 4.77. The van der Waals surface area contributed by atoms with E-state index in [2.05, 4.69) is 17.2 Å². The Bertz CT molecular complexity index is 867. The zero-order valence-electron chi connectivity index (χ0n) is 14.1. The van der Waals surface area contributed by atoms with Crippen LogP contribution in [0.4, 0.5) is 5.69 Å². The molecule has 0 unspecified atom stereocenters. The van der Waals surface area contributed by atoms with Crippen molar-refractivity contribution in [3.8, 4) is 11.5 Å².